The molecule has 2 aliphatic heterocycles. The second kappa shape index (κ2) is 10.8. The minimum Gasteiger partial charge on any atom is -0.490 e. The lowest BCUT2D eigenvalue weighted by Gasteiger charge is -2.42. The Morgan fingerprint density at radius 2 is 1.89 bits per heavy atom. The number of amides is 4. The molecule has 0 bridgehead atoms. The van der Waals surface area contributed by atoms with Crippen molar-refractivity contribution in [1.29, 1.82) is 0 Å². The summed E-state index contributed by atoms with van der Waals surface area (Å²) < 4.78 is 12.2. The number of carbonyl (C=O) groups is 3. The summed E-state index contributed by atoms with van der Waals surface area (Å²) in [6.45, 7) is 0.666. The Balaban J connectivity index is 1.42. The van der Waals surface area contributed by atoms with Gasteiger partial charge in [0, 0.05) is 33.4 Å². The molecule has 0 saturated carbocycles. The summed E-state index contributed by atoms with van der Waals surface area (Å²) >= 11 is 0. The van der Waals surface area contributed by atoms with Crippen molar-refractivity contribution in [3.63, 3.8) is 0 Å². The number of rotatable bonds is 5. The van der Waals surface area contributed by atoms with E-state index < -0.39 is 0 Å². The summed E-state index contributed by atoms with van der Waals surface area (Å²) in [5, 5.41) is 5.60. The Labute approximate surface area is 205 Å². The highest BCUT2D eigenvalue weighted by Gasteiger charge is 2.39. The Morgan fingerprint density at radius 1 is 1.11 bits per heavy atom. The number of nitrogens with one attached hydrogen (secondary N) is 2. The molecule has 0 aromatic heterocycles. The molecule has 35 heavy (non-hydrogen) atoms. The summed E-state index contributed by atoms with van der Waals surface area (Å²) in [5.41, 5.74) is 1.87. The maximum atomic E-state index is 13.3. The molecule has 3 atom stereocenters. The summed E-state index contributed by atoms with van der Waals surface area (Å²) in [5.74, 6) is 0.253. The van der Waals surface area contributed by atoms with E-state index in [2.05, 4.69) is 10.6 Å². The van der Waals surface area contributed by atoms with Crippen LogP contribution in [-0.2, 0) is 16.1 Å². The average molecular weight is 481 g/mol. The van der Waals surface area contributed by atoms with Crippen molar-refractivity contribution in [2.24, 2.45) is 0 Å². The van der Waals surface area contributed by atoms with Crippen LogP contribution in [0.25, 0.3) is 0 Å². The van der Waals surface area contributed by atoms with Gasteiger partial charge in [-0.25, -0.2) is 4.79 Å². The SMILES string of the molecule is CN(C)C(=O)C[C@H]1CC[C@@H]2[C@@H](COc3ccc(NC(=O)NCc4ccccc4)cc3C(=O)N2C)O1. The summed E-state index contributed by atoms with van der Waals surface area (Å²) in [6, 6.07) is 14.1. The maximum absolute atomic E-state index is 13.3. The van der Waals surface area contributed by atoms with Crippen molar-refractivity contribution in [1.82, 2.24) is 15.1 Å². The maximum Gasteiger partial charge on any atom is 0.319 e. The average Bonchev–Trinajstić information content (AvgIpc) is 2.86. The summed E-state index contributed by atoms with van der Waals surface area (Å²) in [4.78, 5) is 41.1. The highest BCUT2D eigenvalue weighted by atomic mass is 16.5. The molecule has 4 rings (SSSR count). The van der Waals surface area contributed by atoms with E-state index in [9.17, 15) is 14.4 Å². The number of urea groups is 1. The first-order chi connectivity index (χ1) is 16.8. The smallest absolute Gasteiger partial charge is 0.319 e. The molecule has 186 valence electrons. The van der Waals surface area contributed by atoms with Crippen LogP contribution in [0.15, 0.2) is 48.5 Å². The van der Waals surface area contributed by atoms with Gasteiger partial charge >= 0.3 is 6.03 Å². The molecule has 0 aliphatic carbocycles. The van der Waals surface area contributed by atoms with E-state index in [1.807, 2.05) is 30.3 Å². The predicted octanol–water partition coefficient (Wildman–Crippen LogP) is 2.87. The number of hydrogen-bond acceptors (Lipinski definition) is 5. The highest BCUT2D eigenvalue weighted by molar-refractivity contribution is 5.99. The van der Waals surface area contributed by atoms with Crippen molar-refractivity contribution in [2.75, 3.05) is 33.1 Å². The van der Waals surface area contributed by atoms with Crippen molar-refractivity contribution in [3.8, 4) is 5.75 Å². The molecular weight excluding hydrogens is 448 g/mol. The van der Waals surface area contributed by atoms with E-state index in [0.29, 0.717) is 36.4 Å². The normalized spacial score (nSPS) is 21.5. The lowest BCUT2D eigenvalue weighted by molar-refractivity contribution is -0.140. The van der Waals surface area contributed by atoms with Crippen molar-refractivity contribution in [3.05, 3.63) is 59.7 Å². The molecule has 1 fully saturated rings. The molecule has 0 unspecified atom stereocenters. The van der Waals surface area contributed by atoms with E-state index in [-0.39, 0.29) is 42.7 Å². The Morgan fingerprint density at radius 3 is 2.63 bits per heavy atom. The zero-order valence-corrected chi connectivity index (χ0v) is 20.3. The number of carbonyl (C=O) groups excluding carboxylic acids is 3. The monoisotopic (exact) mass is 480 g/mol. The molecule has 4 amide bonds. The van der Waals surface area contributed by atoms with Crippen LogP contribution < -0.4 is 15.4 Å². The van der Waals surface area contributed by atoms with Crippen LogP contribution in [-0.4, -0.2) is 73.6 Å². The van der Waals surface area contributed by atoms with Gasteiger partial charge in [0.15, 0.2) is 0 Å². The number of nitrogens with zero attached hydrogens (tertiary/aromatic N) is 2. The van der Waals surface area contributed by atoms with Crippen LogP contribution in [0.4, 0.5) is 10.5 Å². The molecule has 2 N–H and O–H groups in total. The van der Waals surface area contributed by atoms with Crippen LogP contribution in [0.5, 0.6) is 5.75 Å². The van der Waals surface area contributed by atoms with Gasteiger partial charge in [0.05, 0.1) is 24.1 Å². The van der Waals surface area contributed by atoms with Gasteiger partial charge in [-0.05, 0) is 36.6 Å². The van der Waals surface area contributed by atoms with Crippen LogP contribution in [0.2, 0.25) is 0 Å². The first-order valence-electron chi connectivity index (χ1n) is 11.8. The first-order valence-corrected chi connectivity index (χ1v) is 11.8. The van der Waals surface area contributed by atoms with Gasteiger partial charge in [-0.15, -0.1) is 0 Å². The fourth-order valence-corrected chi connectivity index (χ4v) is 4.44. The van der Waals surface area contributed by atoms with E-state index in [1.165, 1.54) is 0 Å². The van der Waals surface area contributed by atoms with Crippen LogP contribution >= 0.6 is 0 Å². The lowest BCUT2D eigenvalue weighted by Crippen LogP contribution is -2.53. The Hall–Kier alpha value is -3.59. The molecule has 2 aromatic rings. The van der Waals surface area contributed by atoms with Crippen molar-refractivity contribution >= 4 is 23.5 Å². The summed E-state index contributed by atoms with van der Waals surface area (Å²) in [6.07, 6.45) is 1.20. The van der Waals surface area contributed by atoms with Gasteiger partial charge < -0.3 is 29.9 Å². The van der Waals surface area contributed by atoms with Gasteiger partial charge in [0.2, 0.25) is 5.91 Å². The van der Waals surface area contributed by atoms with Crippen molar-refractivity contribution in [2.45, 2.75) is 44.1 Å². The van der Waals surface area contributed by atoms with Gasteiger partial charge in [-0.1, -0.05) is 30.3 Å². The fraction of sp³-hybridized carbons (Fsp3) is 0.423. The third-order valence-electron chi connectivity index (χ3n) is 6.47. The second-order valence-corrected chi connectivity index (χ2v) is 9.16. The largest absolute Gasteiger partial charge is 0.490 e. The second-order valence-electron chi connectivity index (χ2n) is 9.16. The number of likely N-dealkylation sites (N-methyl/N-ethyl adjacent to an activating group) is 1. The van der Waals surface area contributed by atoms with Gasteiger partial charge in [-0.2, -0.15) is 0 Å². The standard InChI is InChI=1S/C26H32N4O5/c1-29(2)24(31)14-19-10-11-21-23(35-19)16-34-22-12-9-18(13-20(22)25(32)30(21)3)28-26(33)27-15-17-7-5-4-6-8-17/h4-9,12-13,19,21,23H,10-11,14-16H2,1-3H3,(H2,27,28,33)/t19-,21-,23-/m1/s1. The van der Waals surface area contributed by atoms with Gasteiger partial charge in [0.25, 0.3) is 5.91 Å². The third-order valence-corrected chi connectivity index (χ3v) is 6.47. The van der Waals surface area contributed by atoms with E-state index in [4.69, 9.17) is 9.47 Å². The molecule has 2 aliphatic rings. The third kappa shape index (κ3) is 5.92. The molecule has 1 saturated heterocycles. The Kier molecular flexibility index (Phi) is 7.55. The zero-order chi connectivity index (χ0) is 24.9. The molecular formula is C26H32N4O5. The highest BCUT2D eigenvalue weighted by Crippen LogP contribution is 2.32. The number of fused-ring (bicyclic) bond motifs is 2. The molecule has 0 spiro atoms. The van der Waals surface area contributed by atoms with E-state index in [0.717, 1.165) is 12.0 Å². The predicted molar refractivity (Wildman–Crippen MR) is 131 cm³/mol. The zero-order valence-electron chi connectivity index (χ0n) is 20.3. The topological polar surface area (TPSA) is 100 Å². The fourth-order valence-electron chi connectivity index (χ4n) is 4.44. The molecule has 9 nitrogen and oxygen atoms in total. The first kappa shape index (κ1) is 24.5. The number of hydrogen-bond donors (Lipinski definition) is 2. The number of benzene rings is 2. The Bertz CT molecular complexity index is 1070. The van der Waals surface area contributed by atoms with Gasteiger partial charge in [0.1, 0.15) is 18.5 Å². The molecule has 2 aromatic carbocycles. The van der Waals surface area contributed by atoms with Crippen LogP contribution in [0.1, 0.15) is 35.2 Å². The number of anilines is 1. The molecule has 9 heteroatoms. The van der Waals surface area contributed by atoms with Crippen molar-refractivity contribution < 1.29 is 23.9 Å². The lowest BCUT2D eigenvalue weighted by atomic mass is 9.94. The minimum absolute atomic E-state index is 0.0165. The molecule has 2 heterocycles. The quantitative estimate of drug-likeness (QED) is 0.686. The van der Waals surface area contributed by atoms with Crippen LogP contribution in [0.3, 0.4) is 0 Å². The molecule has 0 radical (unpaired) electrons. The summed E-state index contributed by atoms with van der Waals surface area (Å²) in [7, 11) is 5.22. The van der Waals surface area contributed by atoms with Gasteiger partial charge in [-0.3, -0.25) is 9.59 Å². The van der Waals surface area contributed by atoms with Crippen LogP contribution in [0, 0.1) is 0 Å². The van der Waals surface area contributed by atoms with E-state index in [1.54, 1.807) is 49.1 Å². The number of ether oxygens (including phenoxy) is 2. The van der Waals surface area contributed by atoms with E-state index >= 15 is 0 Å². The minimum atomic E-state index is -0.361.